The van der Waals surface area contributed by atoms with Crippen molar-refractivity contribution < 1.29 is 19.3 Å². The molecule has 0 unspecified atom stereocenters. The molecule has 2 saturated heterocycles. The van der Waals surface area contributed by atoms with Crippen molar-refractivity contribution in [3.05, 3.63) is 63.7 Å². The number of carbonyl (C=O) groups excluding carboxylic acids is 3. The van der Waals surface area contributed by atoms with Gasteiger partial charge in [0.1, 0.15) is 5.54 Å². The van der Waals surface area contributed by atoms with Crippen LogP contribution in [0.5, 0.6) is 0 Å². The summed E-state index contributed by atoms with van der Waals surface area (Å²) < 4.78 is 0. The Balaban J connectivity index is 1.70. The molecule has 5 rings (SSSR count). The van der Waals surface area contributed by atoms with Crippen molar-refractivity contribution in [2.45, 2.75) is 32.4 Å². The van der Waals surface area contributed by atoms with Gasteiger partial charge in [0.05, 0.1) is 28.0 Å². The first kappa shape index (κ1) is 20.3. The monoisotopic (exact) mass is 434 g/mol. The Bertz CT molecular complexity index is 1210. The molecule has 3 aliphatic heterocycles. The minimum Gasteiger partial charge on any atom is -0.324 e. The van der Waals surface area contributed by atoms with Crippen molar-refractivity contribution in [3.63, 3.8) is 0 Å². The fourth-order valence-electron chi connectivity index (χ4n) is 5.55. The van der Waals surface area contributed by atoms with Gasteiger partial charge in [0.2, 0.25) is 17.7 Å². The van der Waals surface area contributed by atoms with E-state index in [2.05, 4.69) is 10.6 Å². The average Bonchev–Trinajstić information content (AvgIpc) is 3.34. The zero-order valence-corrected chi connectivity index (χ0v) is 17.8. The Hall–Kier alpha value is -3.59. The summed E-state index contributed by atoms with van der Waals surface area (Å²) in [5.74, 6) is -3.08. The number of nitrogens with one attached hydrogen (secondary N) is 2. The Morgan fingerprint density at radius 3 is 2.47 bits per heavy atom. The normalized spacial score (nSPS) is 28.4. The summed E-state index contributed by atoms with van der Waals surface area (Å²) in [6.07, 6.45) is 0. The number of nitro groups is 1. The second-order valence-electron chi connectivity index (χ2n) is 8.92. The van der Waals surface area contributed by atoms with E-state index in [-0.39, 0.29) is 28.8 Å². The molecule has 0 radical (unpaired) electrons. The number of rotatable bonds is 3. The number of amides is 3. The third-order valence-electron chi connectivity index (χ3n) is 6.99. The van der Waals surface area contributed by atoms with Gasteiger partial charge in [0.25, 0.3) is 5.69 Å². The van der Waals surface area contributed by atoms with Gasteiger partial charge >= 0.3 is 0 Å². The Labute approximate surface area is 183 Å². The number of nitrogens with zero attached hydrogens (tertiary/aromatic N) is 2. The smallest absolute Gasteiger partial charge is 0.274 e. The van der Waals surface area contributed by atoms with Crippen LogP contribution in [0.1, 0.15) is 25.0 Å². The summed E-state index contributed by atoms with van der Waals surface area (Å²) >= 11 is 0. The number of benzene rings is 2. The number of anilines is 2. The van der Waals surface area contributed by atoms with Gasteiger partial charge in [0, 0.05) is 23.4 Å². The lowest BCUT2D eigenvalue weighted by atomic mass is 9.76. The van der Waals surface area contributed by atoms with Crippen molar-refractivity contribution in [2.75, 3.05) is 10.2 Å². The maximum absolute atomic E-state index is 13.8. The van der Waals surface area contributed by atoms with Crippen molar-refractivity contribution in [1.29, 1.82) is 0 Å². The van der Waals surface area contributed by atoms with E-state index in [1.165, 1.54) is 25.1 Å². The molecule has 1 spiro atoms. The number of nitro benzene ring substituents is 1. The number of hydrogen-bond acceptors (Lipinski definition) is 6. The van der Waals surface area contributed by atoms with E-state index in [1.807, 2.05) is 13.8 Å². The molecule has 2 N–H and O–H groups in total. The standard InChI is InChI=1S/C23H22N4O5/c1-11(2)19-17-18(23(25-19)13-7-4-5-8-14(13)24-22(23)30)21(29)26(20(17)28)15-9-6-10-16(12(15)3)27(31)32/h4-11,17-19,25H,1-3H3,(H,24,30)/t17-,18-,19+,23+/m0/s1. The van der Waals surface area contributed by atoms with Gasteiger partial charge in [-0.1, -0.05) is 38.1 Å². The molecule has 0 aromatic heterocycles. The molecular weight excluding hydrogens is 412 g/mol. The highest BCUT2D eigenvalue weighted by atomic mass is 16.6. The molecule has 164 valence electrons. The average molecular weight is 434 g/mol. The fraction of sp³-hybridized carbons (Fsp3) is 0.348. The molecule has 3 aliphatic rings. The van der Waals surface area contributed by atoms with Crippen LogP contribution in [0.3, 0.4) is 0 Å². The molecule has 0 aliphatic carbocycles. The molecule has 9 heteroatoms. The van der Waals surface area contributed by atoms with Crippen LogP contribution in [0, 0.1) is 34.8 Å². The lowest BCUT2D eigenvalue weighted by Gasteiger charge is -2.30. The molecular formula is C23H22N4O5. The number of para-hydroxylation sites is 1. The van der Waals surface area contributed by atoms with E-state index < -0.39 is 40.2 Å². The summed E-state index contributed by atoms with van der Waals surface area (Å²) in [5.41, 5.74) is 0.135. The molecule has 32 heavy (non-hydrogen) atoms. The summed E-state index contributed by atoms with van der Waals surface area (Å²) in [4.78, 5) is 52.8. The second kappa shape index (κ2) is 6.70. The largest absolute Gasteiger partial charge is 0.324 e. The SMILES string of the molecule is Cc1c(N2C(=O)[C@@H]3[C@@H](C(C)C)N[C@@]4(C(=O)Nc5ccccc54)[C@@H]3C2=O)cccc1[N+](=O)[O-]. The first-order valence-electron chi connectivity index (χ1n) is 10.5. The van der Waals surface area contributed by atoms with Crippen LogP contribution < -0.4 is 15.5 Å². The van der Waals surface area contributed by atoms with Crippen molar-refractivity contribution in [2.24, 2.45) is 17.8 Å². The predicted molar refractivity (Wildman–Crippen MR) is 116 cm³/mol. The van der Waals surface area contributed by atoms with Gasteiger partial charge in [-0.25, -0.2) is 4.90 Å². The maximum Gasteiger partial charge on any atom is 0.274 e. The van der Waals surface area contributed by atoms with Crippen molar-refractivity contribution in [1.82, 2.24) is 5.32 Å². The van der Waals surface area contributed by atoms with Crippen LogP contribution >= 0.6 is 0 Å². The molecule has 2 aromatic rings. The maximum atomic E-state index is 13.8. The Morgan fingerprint density at radius 1 is 1.06 bits per heavy atom. The molecule has 0 bridgehead atoms. The van der Waals surface area contributed by atoms with Gasteiger partial charge in [0.15, 0.2) is 0 Å². The van der Waals surface area contributed by atoms with Crippen LogP contribution in [0.15, 0.2) is 42.5 Å². The number of carbonyl (C=O) groups is 3. The molecule has 0 saturated carbocycles. The molecule has 3 heterocycles. The van der Waals surface area contributed by atoms with E-state index in [0.29, 0.717) is 11.3 Å². The first-order valence-corrected chi connectivity index (χ1v) is 10.5. The topological polar surface area (TPSA) is 122 Å². The highest BCUT2D eigenvalue weighted by Crippen LogP contribution is 2.54. The third-order valence-corrected chi connectivity index (χ3v) is 6.99. The highest BCUT2D eigenvalue weighted by molar-refractivity contribution is 6.26. The van der Waals surface area contributed by atoms with E-state index in [4.69, 9.17) is 0 Å². The highest BCUT2D eigenvalue weighted by Gasteiger charge is 2.71. The Kier molecular flexibility index (Phi) is 4.26. The van der Waals surface area contributed by atoms with E-state index in [9.17, 15) is 24.5 Å². The van der Waals surface area contributed by atoms with Crippen molar-refractivity contribution >= 4 is 34.8 Å². The molecule has 4 atom stereocenters. The van der Waals surface area contributed by atoms with E-state index in [0.717, 1.165) is 4.90 Å². The zero-order valence-electron chi connectivity index (χ0n) is 17.8. The van der Waals surface area contributed by atoms with Gasteiger partial charge in [-0.2, -0.15) is 0 Å². The van der Waals surface area contributed by atoms with E-state index >= 15 is 0 Å². The number of imide groups is 1. The third kappa shape index (κ3) is 2.39. The number of hydrogen-bond donors (Lipinski definition) is 2. The lowest BCUT2D eigenvalue weighted by Crippen LogP contribution is -2.54. The minimum atomic E-state index is -1.37. The predicted octanol–water partition coefficient (Wildman–Crippen LogP) is 2.48. The number of fused-ring (bicyclic) bond motifs is 4. The summed E-state index contributed by atoms with van der Waals surface area (Å²) in [5, 5.41) is 17.6. The van der Waals surface area contributed by atoms with Gasteiger partial charge < -0.3 is 5.32 Å². The quantitative estimate of drug-likeness (QED) is 0.435. The van der Waals surface area contributed by atoms with Gasteiger partial charge in [-0.15, -0.1) is 0 Å². The fourth-order valence-corrected chi connectivity index (χ4v) is 5.55. The van der Waals surface area contributed by atoms with Crippen LogP contribution in [0.2, 0.25) is 0 Å². The molecule has 3 amide bonds. The van der Waals surface area contributed by atoms with Gasteiger partial charge in [-0.05, 0) is 25.0 Å². The van der Waals surface area contributed by atoms with Crippen LogP contribution in [0.25, 0.3) is 0 Å². The zero-order chi connectivity index (χ0) is 22.9. The Morgan fingerprint density at radius 2 is 1.78 bits per heavy atom. The molecule has 2 fully saturated rings. The van der Waals surface area contributed by atoms with Crippen LogP contribution in [-0.4, -0.2) is 28.7 Å². The molecule has 2 aromatic carbocycles. The first-order chi connectivity index (χ1) is 15.2. The second-order valence-corrected chi connectivity index (χ2v) is 8.92. The van der Waals surface area contributed by atoms with Gasteiger partial charge in [-0.3, -0.25) is 29.8 Å². The van der Waals surface area contributed by atoms with E-state index in [1.54, 1.807) is 24.3 Å². The summed E-state index contributed by atoms with van der Waals surface area (Å²) in [7, 11) is 0. The minimum absolute atomic E-state index is 0.0367. The van der Waals surface area contributed by atoms with Crippen LogP contribution in [0.4, 0.5) is 17.1 Å². The molecule has 9 nitrogen and oxygen atoms in total. The van der Waals surface area contributed by atoms with Crippen molar-refractivity contribution in [3.8, 4) is 0 Å². The summed E-state index contributed by atoms with van der Waals surface area (Å²) in [6.45, 7) is 5.39. The lowest BCUT2D eigenvalue weighted by molar-refractivity contribution is -0.385. The van der Waals surface area contributed by atoms with Crippen LogP contribution in [-0.2, 0) is 19.9 Å². The summed E-state index contributed by atoms with van der Waals surface area (Å²) in [6, 6.07) is 11.1.